The standard InChI is InChI=1S/C15H15BrN2O2/c16-14-7-6-12(10-17-14)15(20)18-13-5-1-3-11(9-13)4-2-8-19/h1,3,5-7,9-10,19H,2,4,8H2,(H,18,20). The molecule has 4 nitrogen and oxygen atoms in total. The number of halogens is 1. The van der Waals surface area contributed by atoms with Crippen molar-refractivity contribution in [2.75, 3.05) is 11.9 Å². The minimum Gasteiger partial charge on any atom is -0.396 e. The third-order valence-corrected chi connectivity index (χ3v) is 3.27. The third kappa shape index (κ3) is 4.15. The Bertz CT molecular complexity index is 585. The molecule has 1 heterocycles. The molecular formula is C15H15BrN2O2. The van der Waals surface area contributed by atoms with Crippen LogP contribution in [0.1, 0.15) is 22.3 Å². The number of aromatic nitrogens is 1. The molecule has 0 atom stereocenters. The van der Waals surface area contributed by atoms with E-state index in [0.717, 1.165) is 17.7 Å². The third-order valence-electron chi connectivity index (χ3n) is 2.80. The smallest absolute Gasteiger partial charge is 0.257 e. The SMILES string of the molecule is O=C(Nc1cccc(CCCO)c1)c1ccc(Br)nc1. The summed E-state index contributed by atoms with van der Waals surface area (Å²) in [5.74, 6) is -0.190. The van der Waals surface area contributed by atoms with E-state index < -0.39 is 0 Å². The maximum Gasteiger partial charge on any atom is 0.257 e. The van der Waals surface area contributed by atoms with Gasteiger partial charge in [0.25, 0.3) is 5.91 Å². The van der Waals surface area contributed by atoms with Crippen LogP contribution in [-0.2, 0) is 6.42 Å². The number of carbonyl (C=O) groups is 1. The molecule has 1 aromatic carbocycles. The second kappa shape index (κ2) is 7.17. The van der Waals surface area contributed by atoms with E-state index in [9.17, 15) is 4.79 Å². The lowest BCUT2D eigenvalue weighted by Gasteiger charge is -2.07. The number of benzene rings is 1. The van der Waals surface area contributed by atoms with Crippen molar-refractivity contribution in [3.63, 3.8) is 0 Å². The van der Waals surface area contributed by atoms with E-state index in [4.69, 9.17) is 5.11 Å². The van der Waals surface area contributed by atoms with Crippen LogP contribution in [0.25, 0.3) is 0 Å². The number of anilines is 1. The lowest BCUT2D eigenvalue weighted by molar-refractivity contribution is 0.102. The van der Waals surface area contributed by atoms with Crippen molar-refractivity contribution in [3.8, 4) is 0 Å². The number of nitrogens with one attached hydrogen (secondary N) is 1. The van der Waals surface area contributed by atoms with Crippen LogP contribution in [0.15, 0.2) is 47.2 Å². The highest BCUT2D eigenvalue weighted by molar-refractivity contribution is 9.10. The second-order valence-corrected chi connectivity index (χ2v) is 5.16. The highest BCUT2D eigenvalue weighted by Crippen LogP contribution is 2.14. The van der Waals surface area contributed by atoms with Gasteiger partial charge in [-0.2, -0.15) is 0 Å². The number of aryl methyl sites for hydroxylation is 1. The zero-order valence-corrected chi connectivity index (χ0v) is 12.4. The highest BCUT2D eigenvalue weighted by Gasteiger charge is 2.06. The molecule has 0 aliphatic carbocycles. The Kier molecular flexibility index (Phi) is 5.26. The fraction of sp³-hybridized carbons (Fsp3) is 0.200. The predicted molar refractivity (Wildman–Crippen MR) is 81.7 cm³/mol. The maximum absolute atomic E-state index is 12.0. The summed E-state index contributed by atoms with van der Waals surface area (Å²) in [4.78, 5) is 16.1. The average Bonchev–Trinajstić information content (AvgIpc) is 2.46. The first-order chi connectivity index (χ1) is 9.69. The fourth-order valence-electron chi connectivity index (χ4n) is 1.80. The van der Waals surface area contributed by atoms with Gasteiger partial charge in [0.05, 0.1) is 5.56 Å². The van der Waals surface area contributed by atoms with Crippen LogP contribution in [0.3, 0.4) is 0 Å². The van der Waals surface area contributed by atoms with Crippen molar-refractivity contribution in [3.05, 3.63) is 58.3 Å². The summed E-state index contributed by atoms with van der Waals surface area (Å²) in [7, 11) is 0. The quantitative estimate of drug-likeness (QED) is 0.826. The van der Waals surface area contributed by atoms with Gasteiger partial charge in [-0.1, -0.05) is 12.1 Å². The summed E-state index contributed by atoms with van der Waals surface area (Å²) < 4.78 is 0.694. The van der Waals surface area contributed by atoms with Gasteiger partial charge in [-0.3, -0.25) is 4.79 Å². The van der Waals surface area contributed by atoms with E-state index in [-0.39, 0.29) is 12.5 Å². The molecule has 104 valence electrons. The molecule has 2 N–H and O–H groups in total. The Morgan fingerprint density at radius 3 is 2.85 bits per heavy atom. The number of amides is 1. The molecule has 20 heavy (non-hydrogen) atoms. The van der Waals surface area contributed by atoms with E-state index in [0.29, 0.717) is 16.6 Å². The van der Waals surface area contributed by atoms with Crippen molar-refractivity contribution in [1.29, 1.82) is 0 Å². The van der Waals surface area contributed by atoms with Gasteiger partial charge >= 0.3 is 0 Å². The van der Waals surface area contributed by atoms with Crippen LogP contribution in [0.4, 0.5) is 5.69 Å². The molecule has 0 saturated carbocycles. The molecule has 2 rings (SSSR count). The normalized spacial score (nSPS) is 10.3. The topological polar surface area (TPSA) is 62.2 Å². The predicted octanol–water partition coefficient (Wildman–Crippen LogP) is 3.02. The van der Waals surface area contributed by atoms with E-state index in [1.54, 1.807) is 12.1 Å². The Balaban J connectivity index is 2.05. The summed E-state index contributed by atoms with van der Waals surface area (Å²) in [5, 5.41) is 11.7. The van der Waals surface area contributed by atoms with E-state index in [1.165, 1.54) is 6.20 Å². The molecule has 2 aromatic rings. The summed E-state index contributed by atoms with van der Waals surface area (Å²) in [5.41, 5.74) is 2.34. The van der Waals surface area contributed by atoms with Crippen molar-refractivity contribution in [2.45, 2.75) is 12.8 Å². The van der Waals surface area contributed by atoms with Gasteiger partial charge in [-0.05, 0) is 58.6 Å². The summed E-state index contributed by atoms with van der Waals surface area (Å²) >= 11 is 3.23. The van der Waals surface area contributed by atoms with Gasteiger partial charge in [-0.25, -0.2) is 4.98 Å². The number of hydrogen-bond donors (Lipinski definition) is 2. The molecule has 0 spiro atoms. The first kappa shape index (κ1) is 14.7. The second-order valence-electron chi connectivity index (χ2n) is 4.35. The molecular weight excluding hydrogens is 320 g/mol. The zero-order chi connectivity index (χ0) is 14.4. The maximum atomic E-state index is 12.0. The molecule has 0 saturated heterocycles. The number of nitrogens with zero attached hydrogens (tertiary/aromatic N) is 1. The summed E-state index contributed by atoms with van der Waals surface area (Å²) in [6, 6.07) is 11.1. The Hall–Kier alpha value is -1.72. The molecule has 0 fully saturated rings. The van der Waals surface area contributed by atoms with Gasteiger partial charge in [0.2, 0.25) is 0 Å². The first-order valence-corrected chi connectivity index (χ1v) is 7.11. The molecule has 0 unspecified atom stereocenters. The van der Waals surface area contributed by atoms with Gasteiger partial charge in [0, 0.05) is 18.5 Å². The average molecular weight is 335 g/mol. The number of rotatable bonds is 5. The van der Waals surface area contributed by atoms with Gasteiger partial charge < -0.3 is 10.4 Å². The highest BCUT2D eigenvalue weighted by atomic mass is 79.9. The van der Waals surface area contributed by atoms with Crippen LogP contribution >= 0.6 is 15.9 Å². The first-order valence-electron chi connectivity index (χ1n) is 6.32. The number of pyridine rings is 1. The van der Waals surface area contributed by atoms with Gasteiger partial charge in [0.15, 0.2) is 0 Å². The minimum absolute atomic E-state index is 0.168. The number of hydrogen-bond acceptors (Lipinski definition) is 3. The molecule has 0 aliphatic heterocycles. The van der Waals surface area contributed by atoms with E-state index in [1.807, 2.05) is 24.3 Å². The van der Waals surface area contributed by atoms with Crippen molar-refractivity contribution < 1.29 is 9.90 Å². The van der Waals surface area contributed by atoms with Crippen LogP contribution < -0.4 is 5.32 Å². The van der Waals surface area contributed by atoms with E-state index in [2.05, 4.69) is 26.2 Å². The molecule has 1 amide bonds. The van der Waals surface area contributed by atoms with Crippen molar-refractivity contribution >= 4 is 27.5 Å². The van der Waals surface area contributed by atoms with Crippen molar-refractivity contribution in [1.82, 2.24) is 4.98 Å². The summed E-state index contributed by atoms with van der Waals surface area (Å²) in [6.07, 6.45) is 3.03. The Labute approximate surface area is 126 Å². The van der Waals surface area contributed by atoms with Gasteiger partial charge in [-0.15, -0.1) is 0 Å². The van der Waals surface area contributed by atoms with Crippen LogP contribution in [0.5, 0.6) is 0 Å². The van der Waals surface area contributed by atoms with Crippen LogP contribution in [-0.4, -0.2) is 22.6 Å². The zero-order valence-electron chi connectivity index (χ0n) is 10.8. The molecule has 0 bridgehead atoms. The number of carbonyl (C=O) groups excluding carboxylic acids is 1. The Morgan fingerprint density at radius 1 is 1.30 bits per heavy atom. The Morgan fingerprint density at radius 2 is 2.15 bits per heavy atom. The lowest BCUT2D eigenvalue weighted by Crippen LogP contribution is -2.12. The minimum atomic E-state index is -0.190. The van der Waals surface area contributed by atoms with Gasteiger partial charge in [0.1, 0.15) is 4.60 Å². The summed E-state index contributed by atoms with van der Waals surface area (Å²) in [6.45, 7) is 0.168. The van der Waals surface area contributed by atoms with Crippen LogP contribution in [0, 0.1) is 0 Å². The molecule has 0 aliphatic rings. The number of aliphatic hydroxyl groups excluding tert-OH is 1. The largest absolute Gasteiger partial charge is 0.396 e. The molecule has 5 heteroatoms. The van der Waals surface area contributed by atoms with Crippen molar-refractivity contribution in [2.24, 2.45) is 0 Å². The molecule has 0 radical (unpaired) electrons. The monoisotopic (exact) mass is 334 g/mol. The fourth-order valence-corrected chi connectivity index (χ4v) is 2.04. The lowest BCUT2D eigenvalue weighted by atomic mass is 10.1. The molecule has 1 aromatic heterocycles. The van der Waals surface area contributed by atoms with E-state index >= 15 is 0 Å². The van der Waals surface area contributed by atoms with Crippen LogP contribution in [0.2, 0.25) is 0 Å². The number of aliphatic hydroxyl groups is 1.